The highest BCUT2D eigenvalue weighted by molar-refractivity contribution is 6.31. The Balaban J connectivity index is 1.18. The maximum Gasteiger partial charge on any atom is 0.264 e. The molecule has 2 amide bonds. The normalized spacial score (nSPS) is 16.2. The standard InChI is InChI=1S/C40H38ClN7O4/c1-26-35(40(51)48(30-8-10-33(49)11-9-30)32-22-42-38-13-14-43-47(38)25-32)21-37(44(26)2)36-20-29(41)7-12-34(36)39(50)46-23-28-6-4-3-5-27(28)19-31(46)24-45-15-17-52-18-16-45/h3-14,20-22,25,31,49H,15-19,23-24H2,1-2H3/t31-/m0/s1. The van der Waals surface area contributed by atoms with E-state index >= 15 is 0 Å². The van der Waals surface area contributed by atoms with Gasteiger partial charge < -0.3 is 19.3 Å². The first-order valence-corrected chi connectivity index (χ1v) is 17.7. The molecule has 52 heavy (non-hydrogen) atoms. The van der Waals surface area contributed by atoms with E-state index in [9.17, 15) is 14.7 Å². The average molecular weight is 716 g/mol. The van der Waals surface area contributed by atoms with Gasteiger partial charge in [-0.2, -0.15) is 5.10 Å². The topological polar surface area (TPSA) is 108 Å². The number of carbonyl (C=O) groups is 2. The lowest BCUT2D eigenvalue weighted by Crippen LogP contribution is -2.52. The van der Waals surface area contributed by atoms with E-state index in [1.54, 1.807) is 64.4 Å². The molecule has 1 N–H and O–H groups in total. The number of morpholine rings is 1. The summed E-state index contributed by atoms with van der Waals surface area (Å²) in [5.41, 5.74) is 7.05. The fraction of sp³-hybridized carbons (Fsp3) is 0.250. The first kappa shape index (κ1) is 33.6. The molecule has 0 spiro atoms. The molecule has 0 radical (unpaired) electrons. The summed E-state index contributed by atoms with van der Waals surface area (Å²) in [5.74, 6) is -0.320. The Kier molecular flexibility index (Phi) is 9.00. The van der Waals surface area contributed by atoms with Crippen LogP contribution in [0.5, 0.6) is 5.75 Å². The molecule has 5 heterocycles. The minimum atomic E-state index is -0.313. The maximum atomic E-state index is 14.8. The second kappa shape index (κ2) is 13.9. The van der Waals surface area contributed by atoms with Gasteiger partial charge in [-0.25, -0.2) is 9.50 Å². The van der Waals surface area contributed by atoms with E-state index in [-0.39, 0.29) is 23.6 Å². The molecule has 0 aliphatic carbocycles. The van der Waals surface area contributed by atoms with E-state index in [0.717, 1.165) is 31.6 Å². The lowest BCUT2D eigenvalue weighted by molar-refractivity contribution is 0.0193. The minimum absolute atomic E-state index is 0.0316. The number of phenolic OH excluding ortho intramolecular Hbond substituents is 1. The van der Waals surface area contributed by atoms with Crippen LogP contribution in [0, 0.1) is 6.92 Å². The van der Waals surface area contributed by atoms with Gasteiger partial charge in [0.1, 0.15) is 5.75 Å². The zero-order valence-corrected chi connectivity index (χ0v) is 29.7. The summed E-state index contributed by atoms with van der Waals surface area (Å²) in [6.45, 7) is 6.17. The number of phenols is 1. The van der Waals surface area contributed by atoms with Gasteiger partial charge in [-0.05, 0) is 73.0 Å². The molecule has 11 nitrogen and oxygen atoms in total. The van der Waals surface area contributed by atoms with Crippen LogP contribution in [-0.4, -0.2) is 84.8 Å². The van der Waals surface area contributed by atoms with Gasteiger partial charge >= 0.3 is 0 Å². The summed E-state index contributed by atoms with van der Waals surface area (Å²) in [5, 5.41) is 14.8. The second-order valence-corrected chi connectivity index (χ2v) is 13.8. The van der Waals surface area contributed by atoms with Crippen molar-refractivity contribution in [3.05, 3.63) is 130 Å². The van der Waals surface area contributed by atoms with Crippen LogP contribution in [0.25, 0.3) is 16.9 Å². The van der Waals surface area contributed by atoms with Gasteiger partial charge in [0, 0.05) is 78.6 Å². The van der Waals surface area contributed by atoms with Crippen molar-refractivity contribution < 1.29 is 19.4 Å². The number of amides is 2. The van der Waals surface area contributed by atoms with E-state index in [0.29, 0.717) is 69.9 Å². The number of aromatic hydroxyl groups is 1. The molecule has 8 rings (SSSR count). The van der Waals surface area contributed by atoms with E-state index in [2.05, 4.69) is 33.2 Å². The Hall–Kier alpha value is -5.49. The van der Waals surface area contributed by atoms with Crippen molar-refractivity contribution in [3.63, 3.8) is 0 Å². The van der Waals surface area contributed by atoms with Gasteiger partial charge in [-0.15, -0.1) is 0 Å². The zero-order chi connectivity index (χ0) is 35.9. The summed E-state index contributed by atoms with van der Waals surface area (Å²) in [4.78, 5) is 39.9. The van der Waals surface area contributed by atoms with Crippen molar-refractivity contribution in [2.75, 3.05) is 37.7 Å². The quantitative estimate of drug-likeness (QED) is 0.207. The van der Waals surface area contributed by atoms with Crippen LogP contribution >= 0.6 is 11.6 Å². The molecule has 1 saturated heterocycles. The third-order valence-corrected chi connectivity index (χ3v) is 10.5. The number of nitrogens with zero attached hydrogens (tertiary/aromatic N) is 7. The predicted octanol–water partition coefficient (Wildman–Crippen LogP) is 6.28. The van der Waals surface area contributed by atoms with Crippen LogP contribution in [-0.2, 0) is 24.8 Å². The highest BCUT2D eigenvalue weighted by Gasteiger charge is 2.34. The molecule has 3 aromatic carbocycles. The Morgan fingerprint density at radius 3 is 2.52 bits per heavy atom. The van der Waals surface area contributed by atoms with Gasteiger partial charge in [0.25, 0.3) is 11.8 Å². The van der Waals surface area contributed by atoms with Crippen molar-refractivity contribution in [1.29, 1.82) is 0 Å². The number of hydrogen-bond donors (Lipinski definition) is 1. The van der Waals surface area contributed by atoms with Gasteiger partial charge in [-0.3, -0.25) is 19.4 Å². The van der Waals surface area contributed by atoms with Crippen molar-refractivity contribution in [3.8, 4) is 17.0 Å². The predicted molar refractivity (Wildman–Crippen MR) is 199 cm³/mol. The van der Waals surface area contributed by atoms with E-state index in [1.165, 1.54) is 17.7 Å². The summed E-state index contributed by atoms with van der Waals surface area (Å²) >= 11 is 6.64. The number of aromatic nitrogens is 4. The second-order valence-electron chi connectivity index (χ2n) is 13.4. The van der Waals surface area contributed by atoms with Crippen molar-refractivity contribution in [2.24, 2.45) is 7.05 Å². The Morgan fingerprint density at radius 1 is 0.962 bits per heavy atom. The molecule has 2 aliphatic heterocycles. The highest BCUT2D eigenvalue weighted by atomic mass is 35.5. The fourth-order valence-electron chi connectivity index (χ4n) is 7.34. The molecule has 12 heteroatoms. The van der Waals surface area contributed by atoms with Gasteiger partial charge in [0.15, 0.2) is 5.65 Å². The summed E-state index contributed by atoms with van der Waals surface area (Å²) < 4.78 is 9.14. The number of halogens is 1. The molecule has 264 valence electrons. The minimum Gasteiger partial charge on any atom is -0.508 e. The van der Waals surface area contributed by atoms with Gasteiger partial charge in [0.05, 0.1) is 43.1 Å². The summed E-state index contributed by atoms with van der Waals surface area (Å²) in [6.07, 6.45) is 5.77. The largest absolute Gasteiger partial charge is 0.508 e. The SMILES string of the molecule is Cc1c(C(=O)N(c2ccc(O)cc2)c2cnc3ccnn3c2)cc(-c2cc(Cl)ccc2C(=O)N2Cc3ccccc3C[C@H]2CN2CCOCC2)n1C. The number of ether oxygens (including phenoxy) is 1. The van der Waals surface area contributed by atoms with E-state index < -0.39 is 0 Å². The molecule has 0 bridgehead atoms. The highest BCUT2D eigenvalue weighted by Crippen LogP contribution is 2.36. The van der Waals surface area contributed by atoms with Crippen molar-refractivity contribution in [2.45, 2.75) is 25.9 Å². The lowest BCUT2D eigenvalue weighted by Gasteiger charge is -2.40. The zero-order valence-electron chi connectivity index (χ0n) is 28.9. The number of hydrogen-bond acceptors (Lipinski definition) is 7. The van der Waals surface area contributed by atoms with Gasteiger partial charge in [0.2, 0.25) is 0 Å². The van der Waals surface area contributed by atoms with Crippen LogP contribution in [0.4, 0.5) is 11.4 Å². The Labute approximate surface area is 306 Å². The number of fused-ring (bicyclic) bond motifs is 2. The van der Waals surface area contributed by atoms with Crippen molar-refractivity contribution in [1.82, 2.24) is 29.0 Å². The summed E-state index contributed by atoms with van der Waals surface area (Å²) in [7, 11) is 1.89. The fourth-order valence-corrected chi connectivity index (χ4v) is 7.51. The number of rotatable bonds is 7. The van der Waals surface area contributed by atoms with Crippen LogP contribution in [0.1, 0.15) is 37.5 Å². The molecule has 1 atom stereocenters. The van der Waals surface area contributed by atoms with Crippen LogP contribution in [0.2, 0.25) is 5.02 Å². The molecule has 6 aromatic rings. The monoisotopic (exact) mass is 715 g/mol. The lowest BCUT2D eigenvalue weighted by atomic mass is 9.92. The molecule has 3 aromatic heterocycles. The van der Waals surface area contributed by atoms with Crippen LogP contribution in [0.3, 0.4) is 0 Å². The van der Waals surface area contributed by atoms with E-state index in [4.69, 9.17) is 16.3 Å². The molecule has 0 unspecified atom stereocenters. The maximum absolute atomic E-state index is 14.8. The van der Waals surface area contributed by atoms with E-state index in [1.807, 2.05) is 35.6 Å². The molecule has 1 fully saturated rings. The first-order valence-electron chi connectivity index (χ1n) is 17.3. The molecule has 0 saturated carbocycles. The molecule has 2 aliphatic rings. The molecular formula is C40H38ClN7O4. The van der Waals surface area contributed by atoms with Crippen molar-refractivity contribution >= 4 is 40.4 Å². The third-order valence-electron chi connectivity index (χ3n) is 10.2. The molecular weight excluding hydrogens is 678 g/mol. The number of anilines is 2. The first-order chi connectivity index (χ1) is 25.2. The Bertz CT molecular complexity index is 2290. The van der Waals surface area contributed by atoms with Crippen LogP contribution < -0.4 is 4.90 Å². The third kappa shape index (κ3) is 6.32. The average Bonchev–Trinajstić information content (AvgIpc) is 3.75. The van der Waals surface area contributed by atoms with Gasteiger partial charge in [-0.1, -0.05) is 35.9 Å². The number of benzene rings is 3. The Morgan fingerprint density at radius 2 is 1.73 bits per heavy atom. The smallest absolute Gasteiger partial charge is 0.264 e. The van der Waals surface area contributed by atoms with Crippen LogP contribution in [0.15, 0.2) is 97.5 Å². The number of carbonyl (C=O) groups excluding carboxylic acids is 2. The summed E-state index contributed by atoms with van der Waals surface area (Å²) in [6, 6.07) is 23.7.